The lowest BCUT2D eigenvalue weighted by Crippen LogP contribution is -2.43. The van der Waals surface area contributed by atoms with Crippen molar-refractivity contribution < 1.29 is 14.4 Å². The smallest absolute Gasteiger partial charge is 0.254 e. The van der Waals surface area contributed by atoms with Crippen molar-refractivity contribution in [1.29, 1.82) is 0 Å². The minimum absolute atomic E-state index is 0.154. The predicted octanol–water partition coefficient (Wildman–Crippen LogP) is 2.26. The van der Waals surface area contributed by atoms with Crippen molar-refractivity contribution in [2.75, 3.05) is 10.6 Å². The fourth-order valence-electron chi connectivity index (χ4n) is 3.21. The first-order valence-corrected chi connectivity index (χ1v) is 8.57. The molecule has 1 aromatic heterocycles. The van der Waals surface area contributed by atoms with E-state index >= 15 is 0 Å². The second-order valence-electron chi connectivity index (χ2n) is 6.51. The van der Waals surface area contributed by atoms with Crippen molar-refractivity contribution in [3.63, 3.8) is 0 Å². The molecule has 0 aliphatic carbocycles. The van der Waals surface area contributed by atoms with Crippen LogP contribution in [0, 0.1) is 0 Å². The molecule has 3 aromatic rings. The first-order chi connectivity index (χ1) is 13.0. The zero-order valence-electron chi connectivity index (χ0n) is 14.7. The summed E-state index contributed by atoms with van der Waals surface area (Å²) in [5.74, 6) is -1.15. The second-order valence-corrected chi connectivity index (χ2v) is 6.51. The maximum Gasteiger partial charge on any atom is 0.254 e. The number of fused-ring (bicyclic) bond motifs is 2. The summed E-state index contributed by atoms with van der Waals surface area (Å²) in [4.78, 5) is 37.1. The molecule has 7 nitrogen and oxygen atoms in total. The zero-order valence-corrected chi connectivity index (χ0v) is 14.7. The van der Waals surface area contributed by atoms with Crippen molar-refractivity contribution in [2.45, 2.75) is 12.5 Å². The van der Waals surface area contributed by atoms with E-state index in [4.69, 9.17) is 0 Å². The Morgan fingerprint density at radius 2 is 1.96 bits per heavy atom. The van der Waals surface area contributed by atoms with Gasteiger partial charge >= 0.3 is 0 Å². The molecule has 0 radical (unpaired) electrons. The molecule has 0 bridgehead atoms. The highest BCUT2D eigenvalue weighted by molar-refractivity contribution is 6.11. The van der Waals surface area contributed by atoms with Crippen molar-refractivity contribution >= 4 is 40.0 Å². The van der Waals surface area contributed by atoms with Gasteiger partial charge in [0.15, 0.2) is 0 Å². The van der Waals surface area contributed by atoms with Gasteiger partial charge in [-0.3, -0.25) is 14.4 Å². The Kier molecular flexibility index (Phi) is 4.12. The lowest BCUT2D eigenvalue weighted by molar-refractivity contribution is -0.122. The third kappa shape index (κ3) is 3.27. The molecule has 0 unspecified atom stereocenters. The van der Waals surface area contributed by atoms with E-state index in [1.165, 1.54) is 0 Å². The van der Waals surface area contributed by atoms with E-state index in [0.29, 0.717) is 16.9 Å². The summed E-state index contributed by atoms with van der Waals surface area (Å²) in [7, 11) is 1.95. The molecular weight excluding hydrogens is 344 g/mol. The summed E-state index contributed by atoms with van der Waals surface area (Å²) >= 11 is 0. The molecule has 4 rings (SSSR count). The standard InChI is InChI=1S/C20H18N4O3/c1-24-9-8-12-10-13(6-7-17(12)24)21-18(25)11-16-20(27)22-15-5-3-2-4-14(15)19(26)23-16/h2-10,16H,11H2,1H3,(H,21,25)(H,22,27)(H,23,26)/t16-/m0/s1. The van der Waals surface area contributed by atoms with Crippen LogP contribution in [-0.2, 0) is 16.6 Å². The predicted molar refractivity (Wildman–Crippen MR) is 102 cm³/mol. The molecule has 27 heavy (non-hydrogen) atoms. The molecule has 136 valence electrons. The van der Waals surface area contributed by atoms with Crippen LogP contribution >= 0.6 is 0 Å². The topological polar surface area (TPSA) is 92.2 Å². The molecule has 2 heterocycles. The zero-order chi connectivity index (χ0) is 19.0. The van der Waals surface area contributed by atoms with E-state index < -0.39 is 11.9 Å². The van der Waals surface area contributed by atoms with Crippen LogP contribution in [0.15, 0.2) is 54.7 Å². The van der Waals surface area contributed by atoms with Gasteiger partial charge in [-0.05, 0) is 36.4 Å². The minimum Gasteiger partial charge on any atom is -0.351 e. The maximum atomic E-state index is 12.4. The molecule has 7 heteroatoms. The number of hydrogen-bond acceptors (Lipinski definition) is 3. The number of aryl methyl sites for hydroxylation is 1. The van der Waals surface area contributed by atoms with Gasteiger partial charge in [0.25, 0.3) is 5.91 Å². The Morgan fingerprint density at radius 1 is 1.15 bits per heavy atom. The highest BCUT2D eigenvalue weighted by Crippen LogP contribution is 2.21. The van der Waals surface area contributed by atoms with Crippen molar-refractivity contribution in [3.8, 4) is 0 Å². The number of nitrogens with one attached hydrogen (secondary N) is 3. The number of benzene rings is 2. The highest BCUT2D eigenvalue weighted by atomic mass is 16.2. The minimum atomic E-state index is -0.939. The monoisotopic (exact) mass is 362 g/mol. The largest absolute Gasteiger partial charge is 0.351 e. The third-order valence-corrected chi connectivity index (χ3v) is 4.61. The number of anilines is 2. The molecule has 2 aromatic carbocycles. The van der Waals surface area contributed by atoms with Crippen LogP contribution in [0.25, 0.3) is 10.9 Å². The van der Waals surface area contributed by atoms with Crippen LogP contribution in [0.2, 0.25) is 0 Å². The van der Waals surface area contributed by atoms with Crippen LogP contribution in [0.4, 0.5) is 11.4 Å². The van der Waals surface area contributed by atoms with Crippen LogP contribution < -0.4 is 16.0 Å². The number of hydrogen-bond donors (Lipinski definition) is 3. The number of aromatic nitrogens is 1. The van der Waals surface area contributed by atoms with E-state index in [-0.39, 0.29) is 18.2 Å². The summed E-state index contributed by atoms with van der Waals surface area (Å²) < 4.78 is 1.99. The third-order valence-electron chi connectivity index (χ3n) is 4.61. The van der Waals surface area contributed by atoms with Gasteiger partial charge < -0.3 is 20.5 Å². The van der Waals surface area contributed by atoms with Gasteiger partial charge in [0, 0.05) is 29.8 Å². The van der Waals surface area contributed by atoms with Gasteiger partial charge in [-0.25, -0.2) is 0 Å². The lowest BCUT2D eigenvalue weighted by atomic mass is 10.1. The normalized spacial score (nSPS) is 16.3. The number of carbonyl (C=O) groups is 3. The van der Waals surface area contributed by atoms with Gasteiger partial charge in [-0.2, -0.15) is 0 Å². The Hall–Kier alpha value is -3.61. The van der Waals surface area contributed by atoms with Gasteiger partial charge in [0.2, 0.25) is 11.8 Å². The van der Waals surface area contributed by atoms with E-state index in [9.17, 15) is 14.4 Å². The highest BCUT2D eigenvalue weighted by Gasteiger charge is 2.29. The number of carbonyl (C=O) groups excluding carboxylic acids is 3. The number of para-hydroxylation sites is 1. The molecule has 0 saturated carbocycles. The number of rotatable bonds is 3. The van der Waals surface area contributed by atoms with Gasteiger partial charge in [0.05, 0.1) is 17.7 Å². The molecule has 0 spiro atoms. The summed E-state index contributed by atoms with van der Waals surface area (Å²) in [6, 6.07) is 13.4. The first-order valence-electron chi connectivity index (χ1n) is 8.57. The Labute approximate surface area is 155 Å². The van der Waals surface area contributed by atoms with E-state index in [0.717, 1.165) is 10.9 Å². The van der Waals surface area contributed by atoms with E-state index in [1.807, 2.05) is 42.1 Å². The fraction of sp³-hybridized carbons (Fsp3) is 0.150. The molecule has 1 aliphatic heterocycles. The number of nitrogens with zero attached hydrogens (tertiary/aromatic N) is 1. The Bertz CT molecular complexity index is 1070. The molecule has 3 amide bonds. The summed E-state index contributed by atoms with van der Waals surface area (Å²) in [6.45, 7) is 0. The SMILES string of the molecule is Cn1ccc2cc(NC(=O)C[C@@H]3NC(=O)c4ccccc4NC3=O)ccc21. The van der Waals surface area contributed by atoms with Crippen molar-refractivity contribution in [1.82, 2.24) is 9.88 Å². The quantitative estimate of drug-likeness (QED) is 0.667. The second kappa shape index (κ2) is 6.60. The Morgan fingerprint density at radius 3 is 2.81 bits per heavy atom. The van der Waals surface area contributed by atoms with Crippen LogP contribution in [0.5, 0.6) is 0 Å². The fourth-order valence-corrected chi connectivity index (χ4v) is 3.21. The van der Waals surface area contributed by atoms with Gasteiger partial charge in [-0.1, -0.05) is 12.1 Å². The van der Waals surface area contributed by atoms with Crippen LogP contribution in [-0.4, -0.2) is 28.3 Å². The maximum absolute atomic E-state index is 12.4. The van der Waals surface area contributed by atoms with E-state index in [2.05, 4.69) is 16.0 Å². The summed E-state index contributed by atoms with van der Waals surface area (Å²) in [5, 5.41) is 9.11. The Balaban J connectivity index is 1.47. The van der Waals surface area contributed by atoms with E-state index in [1.54, 1.807) is 24.3 Å². The van der Waals surface area contributed by atoms with Crippen LogP contribution in [0.1, 0.15) is 16.8 Å². The lowest BCUT2D eigenvalue weighted by Gasteiger charge is -2.14. The summed E-state index contributed by atoms with van der Waals surface area (Å²) in [5.41, 5.74) is 2.52. The molecular formula is C20H18N4O3. The molecule has 1 aliphatic rings. The first kappa shape index (κ1) is 16.8. The average Bonchev–Trinajstić information content (AvgIpc) is 2.96. The number of amides is 3. The molecule has 3 N–H and O–H groups in total. The summed E-state index contributed by atoms with van der Waals surface area (Å²) in [6.07, 6.45) is 1.79. The van der Waals surface area contributed by atoms with Crippen molar-refractivity contribution in [3.05, 3.63) is 60.3 Å². The molecule has 0 saturated heterocycles. The average molecular weight is 362 g/mol. The van der Waals surface area contributed by atoms with Gasteiger partial charge in [-0.15, -0.1) is 0 Å². The molecule has 1 atom stereocenters. The van der Waals surface area contributed by atoms with Crippen molar-refractivity contribution in [2.24, 2.45) is 7.05 Å². The van der Waals surface area contributed by atoms with Gasteiger partial charge in [0.1, 0.15) is 6.04 Å². The van der Waals surface area contributed by atoms with Crippen LogP contribution in [0.3, 0.4) is 0 Å². The molecule has 0 fully saturated rings.